The second-order valence-corrected chi connectivity index (χ2v) is 12.6. The summed E-state index contributed by atoms with van der Waals surface area (Å²) < 4.78 is 8.16. The first-order valence-corrected chi connectivity index (χ1v) is 11.2. The topological polar surface area (TPSA) is 64.3 Å². The number of hydrogen-bond acceptors (Lipinski definition) is 3. The van der Waals surface area contributed by atoms with Crippen molar-refractivity contribution in [3.05, 3.63) is 28.5 Å². The Bertz CT molecular complexity index is 664. The summed E-state index contributed by atoms with van der Waals surface area (Å²) in [6.07, 6.45) is 3.23. The smallest absolute Gasteiger partial charge is 0.337 e. The number of nitrogens with zero attached hydrogens (tertiary/aromatic N) is 2. The average Bonchev–Trinajstić information content (AvgIpc) is 2.74. The van der Waals surface area contributed by atoms with Gasteiger partial charge in [0.1, 0.15) is 12.4 Å². The molecule has 0 aliphatic rings. The van der Waals surface area contributed by atoms with E-state index in [1.807, 2.05) is 0 Å². The van der Waals surface area contributed by atoms with Gasteiger partial charge in [0.25, 0.3) is 0 Å². The Morgan fingerprint density at radius 1 is 1.48 bits per heavy atom. The van der Waals surface area contributed by atoms with Gasteiger partial charge >= 0.3 is 5.97 Å². The molecule has 2 rings (SSSR count). The van der Waals surface area contributed by atoms with Crippen molar-refractivity contribution in [2.75, 3.05) is 6.61 Å². The molecule has 0 aromatic carbocycles. The van der Waals surface area contributed by atoms with Crippen molar-refractivity contribution in [3.8, 4) is 0 Å². The van der Waals surface area contributed by atoms with Crippen molar-refractivity contribution in [1.29, 1.82) is 0 Å². The van der Waals surface area contributed by atoms with E-state index in [0.717, 1.165) is 10.5 Å². The van der Waals surface area contributed by atoms with E-state index >= 15 is 0 Å². The summed E-state index contributed by atoms with van der Waals surface area (Å²) in [4.78, 5) is 15.6. The minimum absolute atomic E-state index is 0.235. The monoisotopic (exact) mass is 370 g/mol. The fraction of sp³-hybridized carbons (Fsp3) is 0.429. The number of hydrogen-bond donors (Lipinski definition) is 1. The van der Waals surface area contributed by atoms with Gasteiger partial charge < -0.3 is 14.4 Å². The van der Waals surface area contributed by atoms with Gasteiger partial charge in [-0.2, -0.15) is 0 Å². The van der Waals surface area contributed by atoms with Crippen molar-refractivity contribution in [2.45, 2.75) is 32.4 Å². The number of carboxylic acids is 1. The lowest BCUT2D eigenvalue weighted by atomic mass is 10.2. The molecule has 2 aromatic rings. The van der Waals surface area contributed by atoms with E-state index in [9.17, 15) is 9.90 Å². The Balaban J connectivity index is 2.21. The Labute approximate surface area is 133 Å². The molecule has 0 aliphatic heterocycles. The molecule has 2 heterocycles. The first-order valence-electron chi connectivity index (χ1n) is 6.74. The molecule has 0 saturated carbocycles. The Kier molecular flexibility index (Phi) is 4.85. The first kappa shape index (κ1) is 16.2. The average molecular weight is 371 g/mol. The van der Waals surface area contributed by atoms with Crippen LogP contribution in [0.15, 0.2) is 22.9 Å². The van der Waals surface area contributed by atoms with E-state index in [2.05, 4.69) is 40.6 Å². The molecule has 0 aliphatic carbocycles. The van der Waals surface area contributed by atoms with Crippen LogP contribution in [0.25, 0.3) is 11.0 Å². The summed E-state index contributed by atoms with van der Waals surface area (Å²) in [6, 6.07) is 2.82. The quantitative estimate of drug-likeness (QED) is 0.620. The van der Waals surface area contributed by atoms with Crippen LogP contribution in [-0.4, -0.2) is 35.3 Å². The first-order chi connectivity index (χ1) is 9.79. The number of aromatic carboxylic acids is 1. The molecule has 1 N–H and O–H groups in total. The van der Waals surface area contributed by atoms with E-state index < -0.39 is 14.0 Å². The molecular weight excluding hydrogens is 352 g/mol. The van der Waals surface area contributed by atoms with Gasteiger partial charge in [-0.15, -0.1) is 0 Å². The third-order valence-corrected chi connectivity index (χ3v) is 5.53. The summed E-state index contributed by atoms with van der Waals surface area (Å²) in [6.45, 7) is 7.89. The van der Waals surface area contributed by atoms with Crippen molar-refractivity contribution >= 4 is 41.0 Å². The number of rotatable bonds is 6. The van der Waals surface area contributed by atoms with E-state index in [0.29, 0.717) is 24.4 Å². The Morgan fingerprint density at radius 2 is 2.19 bits per heavy atom. The Hall–Kier alpha value is -1.18. The summed E-state index contributed by atoms with van der Waals surface area (Å²) in [5.41, 5.74) is 0.855. The lowest BCUT2D eigenvalue weighted by Gasteiger charge is -2.15. The normalized spacial score (nSPS) is 12.0. The van der Waals surface area contributed by atoms with Crippen LogP contribution in [0.2, 0.25) is 25.7 Å². The summed E-state index contributed by atoms with van der Waals surface area (Å²) in [7, 11) is -1.12. The van der Waals surface area contributed by atoms with Gasteiger partial charge in [0.15, 0.2) is 0 Å². The SMILES string of the molecule is C[Si](C)(C)CCOCn1cc(C(=O)O)c2c(Br)ccnc21. The minimum atomic E-state index is -1.12. The lowest BCUT2D eigenvalue weighted by molar-refractivity contribution is 0.0696. The van der Waals surface area contributed by atoms with E-state index in [4.69, 9.17) is 4.74 Å². The molecule has 0 unspecified atom stereocenters. The fourth-order valence-corrected chi connectivity index (χ4v) is 3.24. The molecule has 114 valence electrons. The predicted octanol–water partition coefficient (Wildman–Crippen LogP) is 3.81. The molecule has 0 atom stereocenters. The van der Waals surface area contributed by atoms with Crippen LogP contribution < -0.4 is 0 Å². The molecule has 0 saturated heterocycles. The van der Waals surface area contributed by atoms with E-state index in [-0.39, 0.29) is 5.56 Å². The van der Waals surface area contributed by atoms with E-state index in [1.165, 1.54) is 0 Å². The second kappa shape index (κ2) is 6.29. The van der Waals surface area contributed by atoms with Gasteiger partial charge in [-0.25, -0.2) is 9.78 Å². The predicted molar refractivity (Wildman–Crippen MR) is 88.5 cm³/mol. The number of aromatic nitrogens is 2. The largest absolute Gasteiger partial charge is 0.478 e. The van der Waals surface area contributed by atoms with Gasteiger partial charge in [-0.3, -0.25) is 0 Å². The molecule has 21 heavy (non-hydrogen) atoms. The molecule has 0 amide bonds. The molecule has 7 heteroatoms. The highest BCUT2D eigenvalue weighted by Gasteiger charge is 2.18. The number of fused-ring (bicyclic) bond motifs is 1. The van der Waals surface area contributed by atoms with Crippen molar-refractivity contribution < 1.29 is 14.6 Å². The number of pyridine rings is 1. The maximum atomic E-state index is 11.3. The van der Waals surface area contributed by atoms with Crippen LogP contribution in [0.5, 0.6) is 0 Å². The van der Waals surface area contributed by atoms with Gasteiger partial charge in [0.2, 0.25) is 0 Å². The summed E-state index contributed by atoms with van der Waals surface area (Å²) in [5, 5.41) is 9.91. The zero-order valence-corrected chi connectivity index (χ0v) is 15.0. The van der Waals surface area contributed by atoms with Gasteiger partial charge in [-0.05, 0) is 28.0 Å². The molecule has 2 aromatic heterocycles. The lowest BCUT2D eigenvalue weighted by Crippen LogP contribution is -2.22. The molecule has 0 radical (unpaired) electrons. The number of ether oxygens (including phenoxy) is 1. The van der Waals surface area contributed by atoms with Crippen LogP contribution in [0.1, 0.15) is 10.4 Å². The summed E-state index contributed by atoms with van der Waals surface area (Å²) >= 11 is 3.39. The molecule has 5 nitrogen and oxygen atoms in total. The highest BCUT2D eigenvalue weighted by Crippen LogP contribution is 2.27. The van der Waals surface area contributed by atoms with Gasteiger partial charge in [-0.1, -0.05) is 19.6 Å². The zero-order valence-electron chi connectivity index (χ0n) is 12.4. The molecule has 0 bridgehead atoms. The van der Waals surface area contributed by atoms with E-state index in [1.54, 1.807) is 23.0 Å². The third-order valence-electron chi connectivity index (χ3n) is 3.16. The van der Waals surface area contributed by atoms with Crippen LogP contribution in [0.3, 0.4) is 0 Å². The standard InChI is InChI=1S/C14H19BrN2O3Si/c1-21(2,3)7-6-20-9-17-8-10(14(18)19)12-11(15)4-5-16-13(12)17/h4-5,8H,6-7,9H2,1-3H3,(H,18,19). The van der Waals surface area contributed by atoms with Crippen LogP contribution in [0.4, 0.5) is 0 Å². The van der Waals surface area contributed by atoms with Crippen LogP contribution in [-0.2, 0) is 11.5 Å². The van der Waals surface area contributed by atoms with Gasteiger partial charge in [0.05, 0.1) is 5.56 Å². The number of carbonyl (C=O) groups is 1. The van der Waals surface area contributed by atoms with Crippen molar-refractivity contribution in [1.82, 2.24) is 9.55 Å². The Morgan fingerprint density at radius 3 is 2.81 bits per heavy atom. The number of halogens is 1. The van der Waals surface area contributed by atoms with Gasteiger partial charge in [0, 0.05) is 36.9 Å². The van der Waals surface area contributed by atoms with Crippen molar-refractivity contribution in [2.24, 2.45) is 0 Å². The molecular formula is C14H19BrN2O3Si. The van der Waals surface area contributed by atoms with Crippen LogP contribution >= 0.6 is 15.9 Å². The maximum absolute atomic E-state index is 11.3. The highest BCUT2D eigenvalue weighted by molar-refractivity contribution is 9.10. The minimum Gasteiger partial charge on any atom is -0.478 e. The third kappa shape index (κ3) is 3.93. The second-order valence-electron chi connectivity index (χ2n) is 6.16. The summed E-state index contributed by atoms with van der Waals surface area (Å²) in [5.74, 6) is -0.963. The number of carboxylic acid groups (broad SMARTS) is 1. The fourth-order valence-electron chi connectivity index (χ4n) is 1.98. The molecule has 0 fully saturated rings. The van der Waals surface area contributed by atoms with Crippen molar-refractivity contribution in [3.63, 3.8) is 0 Å². The highest BCUT2D eigenvalue weighted by atomic mass is 79.9. The maximum Gasteiger partial charge on any atom is 0.337 e. The molecule has 0 spiro atoms. The van der Waals surface area contributed by atoms with Crippen LogP contribution in [0, 0.1) is 0 Å². The zero-order chi connectivity index (χ0) is 15.6.